The molecule has 0 saturated carbocycles. The molecular formula is C13H15NO3. The topological polar surface area (TPSA) is 49.8 Å². The number of morpholine rings is 1. The predicted octanol–water partition coefficient (Wildman–Crippen LogP) is 1.36. The van der Waals surface area contributed by atoms with Crippen LogP contribution in [0.25, 0.3) is 0 Å². The van der Waals surface area contributed by atoms with Crippen molar-refractivity contribution >= 4 is 5.97 Å². The van der Waals surface area contributed by atoms with E-state index in [9.17, 15) is 4.79 Å². The molecular weight excluding hydrogens is 218 g/mol. The molecule has 1 aromatic rings. The number of rotatable bonds is 3. The van der Waals surface area contributed by atoms with Gasteiger partial charge in [0.1, 0.15) is 0 Å². The summed E-state index contributed by atoms with van der Waals surface area (Å²) in [6.45, 7) is 2.55. The molecule has 4 heteroatoms. The van der Waals surface area contributed by atoms with Crippen LogP contribution in [0.4, 0.5) is 0 Å². The first kappa shape index (κ1) is 10.7. The van der Waals surface area contributed by atoms with Crippen molar-refractivity contribution in [1.82, 2.24) is 4.90 Å². The van der Waals surface area contributed by atoms with Gasteiger partial charge in [-0.3, -0.25) is 4.90 Å². The summed E-state index contributed by atoms with van der Waals surface area (Å²) >= 11 is 0. The van der Waals surface area contributed by atoms with Crippen LogP contribution in [-0.4, -0.2) is 41.3 Å². The summed E-state index contributed by atoms with van der Waals surface area (Å²) in [5.41, 5.74) is 1.30. The molecule has 17 heavy (non-hydrogen) atoms. The summed E-state index contributed by atoms with van der Waals surface area (Å²) in [7, 11) is 0. The number of aromatic carboxylic acids is 1. The van der Waals surface area contributed by atoms with Crippen molar-refractivity contribution in [3.63, 3.8) is 0 Å². The Kier molecular flexibility index (Phi) is 2.61. The Bertz CT molecular complexity index is 430. The van der Waals surface area contributed by atoms with Gasteiger partial charge in [0, 0.05) is 26.1 Å². The van der Waals surface area contributed by atoms with E-state index in [1.807, 2.05) is 12.1 Å². The molecule has 0 amide bonds. The van der Waals surface area contributed by atoms with Crippen molar-refractivity contribution in [1.29, 1.82) is 0 Å². The first-order valence-electron chi connectivity index (χ1n) is 5.91. The number of hydrogen-bond acceptors (Lipinski definition) is 3. The number of carboxylic acid groups (broad SMARTS) is 1. The van der Waals surface area contributed by atoms with Crippen LogP contribution in [0.2, 0.25) is 0 Å². The SMILES string of the molecule is O=C(O)c1ccccc1CN1CC2CC(C1)O2. The van der Waals surface area contributed by atoms with Gasteiger partial charge < -0.3 is 9.84 Å². The number of piperidine rings is 1. The van der Waals surface area contributed by atoms with Gasteiger partial charge in [0.2, 0.25) is 0 Å². The van der Waals surface area contributed by atoms with Crippen molar-refractivity contribution in [2.45, 2.75) is 25.2 Å². The highest BCUT2D eigenvalue weighted by atomic mass is 16.5. The van der Waals surface area contributed by atoms with Crippen LogP contribution in [0.5, 0.6) is 0 Å². The fraction of sp³-hybridized carbons (Fsp3) is 0.462. The van der Waals surface area contributed by atoms with Gasteiger partial charge in [0.05, 0.1) is 17.8 Å². The van der Waals surface area contributed by atoms with Crippen LogP contribution in [0.15, 0.2) is 24.3 Å². The normalized spacial score (nSPS) is 27.5. The van der Waals surface area contributed by atoms with Crippen molar-refractivity contribution in [2.24, 2.45) is 0 Å². The molecule has 0 spiro atoms. The van der Waals surface area contributed by atoms with Crippen LogP contribution in [0.1, 0.15) is 22.3 Å². The maximum atomic E-state index is 11.1. The molecule has 2 unspecified atom stereocenters. The molecule has 3 aliphatic heterocycles. The maximum absolute atomic E-state index is 11.1. The Balaban J connectivity index is 1.74. The van der Waals surface area contributed by atoms with E-state index >= 15 is 0 Å². The molecule has 4 rings (SSSR count). The minimum absolute atomic E-state index is 0.366. The minimum atomic E-state index is -0.848. The molecule has 0 radical (unpaired) electrons. The number of benzene rings is 1. The second-order valence-corrected chi connectivity index (χ2v) is 4.77. The summed E-state index contributed by atoms with van der Waals surface area (Å²) in [5.74, 6) is -0.848. The van der Waals surface area contributed by atoms with Gasteiger partial charge in [-0.2, -0.15) is 0 Å². The second-order valence-electron chi connectivity index (χ2n) is 4.77. The van der Waals surface area contributed by atoms with Crippen LogP contribution in [0.3, 0.4) is 0 Å². The molecule has 2 bridgehead atoms. The van der Waals surface area contributed by atoms with Crippen LogP contribution in [-0.2, 0) is 11.3 Å². The van der Waals surface area contributed by atoms with Gasteiger partial charge in [-0.1, -0.05) is 18.2 Å². The lowest BCUT2D eigenvalue weighted by Crippen LogP contribution is -2.56. The van der Waals surface area contributed by atoms with Crippen LogP contribution < -0.4 is 0 Å². The molecule has 90 valence electrons. The Hall–Kier alpha value is -1.39. The van der Waals surface area contributed by atoms with Crippen molar-refractivity contribution in [2.75, 3.05) is 13.1 Å². The summed E-state index contributed by atoms with van der Waals surface area (Å²) in [4.78, 5) is 13.4. The summed E-state index contributed by atoms with van der Waals surface area (Å²) in [5, 5.41) is 9.11. The zero-order chi connectivity index (χ0) is 11.8. The number of ether oxygens (including phenoxy) is 1. The number of fused-ring (bicyclic) bond motifs is 2. The third kappa shape index (κ3) is 2.06. The molecule has 1 aromatic carbocycles. The van der Waals surface area contributed by atoms with Crippen molar-refractivity contribution < 1.29 is 14.6 Å². The molecule has 0 aromatic heterocycles. The molecule has 3 fully saturated rings. The first-order chi connectivity index (χ1) is 8.22. The molecule has 4 nitrogen and oxygen atoms in total. The highest BCUT2D eigenvalue weighted by Gasteiger charge is 2.38. The second kappa shape index (κ2) is 4.13. The summed E-state index contributed by atoms with van der Waals surface area (Å²) in [6.07, 6.45) is 1.90. The molecule has 3 saturated heterocycles. The molecule has 1 N–H and O–H groups in total. The Morgan fingerprint density at radius 2 is 2.00 bits per heavy atom. The number of carbonyl (C=O) groups is 1. The Morgan fingerprint density at radius 3 is 2.65 bits per heavy atom. The van der Waals surface area contributed by atoms with Gasteiger partial charge in [0.25, 0.3) is 0 Å². The van der Waals surface area contributed by atoms with Crippen LogP contribution in [0, 0.1) is 0 Å². The highest BCUT2D eigenvalue weighted by molar-refractivity contribution is 5.89. The van der Waals surface area contributed by atoms with Gasteiger partial charge >= 0.3 is 5.97 Å². The van der Waals surface area contributed by atoms with Gasteiger partial charge in [-0.05, 0) is 11.6 Å². The minimum Gasteiger partial charge on any atom is -0.478 e. The molecule has 0 aliphatic carbocycles. The fourth-order valence-corrected chi connectivity index (χ4v) is 2.68. The summed E-state index contributed by atoms with van der Waals surface area (Å²) < 4.78 is 5.56. The van der Waals surface area contributed by atoms with E-state index < -0.39 is 5.97 Å². The zero-order valence-corrected chi connectivity index (χ0v) is 9.50. The molecule has 3 aliphatic rings. The number of carboxylic acids is 1. The number of nitrogens with zero attached hydrogens (tertiary/aromatic N) is 1. The Morgan fingerprint density at radius 1 is 1.35 bits per heavy atom. The van der Waals surface area contributed by atoms with E-state index in [1.165, 1.54) is 0 Å². The van der Waals surface area contributed by atoms with Gasteiger partial charge in [0.15, 0.2) is 0 Å². The monoisotopic (exact) mass is 233 g/mol. The van der Waals surface area contributed by atoms with E-state index in [2.05, 4.69) is 4.90 Å². The van der Waals surface area contributed by atoms with E-state index in [4.69, 9.17) is 9.84 Å². The van der Waals surface area contributed by atoms with Crippen molar-refractivity contribution in [3.8, 4) is 0 Å². The predicted molar refractivity (Wildman–Crippen MR) is 62.0 cm³/mol. The van der Waals surface area contributed by atoms with E-state index in [1.54, 1.807) is 12.1 Å². The third-order valence-electron chi connectivity index (χ3n) is 3.48. The average molecular weight is 233 g/mol. The van der Waals surface area contributed by atoms with Crippen molar-refractivity contribution in [3.05, 3.63) is 35.4 Å². The van der Waals surface area contributed by atoms with Gasteiger partial charge in [-0.15, -0.1) is 0 Å². The Labute approximate surface area is 99.8 Å². The number of hydrogen-bond donors (Lipinski definition) is 1. The lowest BCUT2D eigenvalue weighted by atomic mass is 9.97. The average Bonchev–Trinajstić information content (AvgIpc) is 2.28. The quantitative estimate of drug-likeness (QED) is 0.856. The maximum Gasteiger partial charge on any atom is 0.336 e. The lowest BCUT2D eigenvalue weighted by molar-refractivity contribution is -0.182. The summed E-state index contributed by atoms with van der Waals surface area (Å²) in [6, 6.07) is 7.22. The van der Waals surface area contributed by atoms with E-state index in [0.717, 1.165) is 25.1 Å². The van der Waals surface area contributed by atoms with E-state index in [-0.39, 0.29) is 0 Å². The van der Waals surface area contributed by atoms with E-state index in [0.29, 0.717) is 24.3 Å². The first-order valence-corrected chi connectivity index (χ1v) is 5.91. The standard InChI is InChI=1S/C13H15NO3/c15-13(16)12-4-2-1-3-9(12)6-14-7-10-5-11(8-14)17-10/h1-4,10-11H,5-8H2,(H,15,16). The molecule has 2 atom stereocenters. The lowest BCUT2D eigenvalue weighted by Gasteiger charge is -2.47. The fourth-order valence-electron chi connectivity index (χ4n) is 2.68. The van der Waals surface area contributed by atoms with Gasteiger partial charge in [-0.25, -0.2) is 4.79 Å². The zero-order valence-electron chi connectivity index (χ0n) is 9.50. The highest BCUT2D eigenvalue weighted by Crippen LogP contribution is 2.29. The van der Waals surface area contributed by atoms with Crippen LogP contribution >= 0.6 is 0 Å². The molecule has 3 heterocycles. The smallest absolute Gasteiger partial charge is 0.336 e. The third-order valence-corrected chi connectivity index (χ3v) is 3.48. The largest absolute Gasteiger partial charge is 0.478 e.